The summed E-state index contributed by atoms with van der Waals surface area (Å²) in [6.07, 6.45) is 2.01. The van der Waals surface area contributed by atoms with Crippen molar-refractivity contribution in [3.05, 3.63) is 59.2 Å². The van der Waals surface area contributed by atoms with Crippen LogP contribution >= 0.6 is 0 Å². The van der Waals surface area contributed by atoms with Gasteiger partial charge in [0.1, 0.15) is 11.9 Å². The Kier molecular flexibility index (Phi) is 5.09. The third kappa shape index (κ3) is 3.89. The van der Waals surface area contributed by atoms with Crippen LogP contribution in [0.1, 0.15) is 29.2 Å². The predicted molar refractivity (Wildman–Crippen MR) is 104 cm³/mol. The Morgan fingerprint density at radius 2 is 1.71 bits per heavy atom. The fourth-order valence-electron chi connectivity index (χ4n) is 3.76. The number of aryl methyl sites for hydroxylation is 1. The van der Waals surface area contributed by atoms with Gasteiger partial charge in [0.15, 0.2) is 0 Å². The SMILES string of the molecule is Cc1cccc2c1CC[C@H]2Oc1ccc(B2OC(=O)CN(C)CC(=O)O2)cc1. The molecule has 1 fully saturated rings. The maximum absolute atomic E-state index is 11.9. The van der Waals surface area contributed by atoms with Crippen molar-refractivity contribution in [2.24, 2.45) is 0 Å². The van der Waals surface area contributed by atoms with E-state index in [9.17, 15) is 9.59 Å². The van der Waals surface area contributed by atoms with Crippen LogP contribution in [0.5, 0.6) is 5.75 Å². The molecule has 2 aromatic carbocycles. The number of rotatable bonds is 3. The number of hydrogen-bond donors (Lipinski definition) is 0. The monoisotopic (exact) mass is 379 g/mol. The standard InChI is InChI=1S/C21H22BNO5/c1-14-4-3-5-18-17(14)10-11-19(18)26-16-8-6-15(7-9-16)22-27-20(24)12-23(2)13-21(25)28-22/h3-9,19H,10-13H2,1-2H3/t19-/m1/s1. The van der Waals surface area contributed by atoms with E-state index in [0.29, 0.717) is 5.46 Å². The second kappa shape index (κ2) is 7.68. The third-order valence-corrected chi connectivity index (χ3v) is 5.16. The number of carbonyl (C=O) groups is 2. The molecule has 0 saturated carbocycles. The number of hydrogen-bond acceptors (Lipinski definition) is 6. The lowest BCUT2D eigenvalue weighted by Crippen LogP contribution is -2.47. The molecule has 7 heteroatoms. The maximum atomic E-state index is 11.9. The van der Waals surface area contributed by atoms with Crippen molar-refractivity contribution in [3.8, 4) is 5.75 Å². The molecule has 0 bridgehead atoms. The number of benzene rings is 2. The summed E-state index contributed by atoms with van der Waals surface area (Å²) in [7, 11) is 0.634. The highest BCUT2D eigenvalue weighted by molar-refractivity contribution is 6.64. The minimum absolute atomic E-state index is 0.0355. The number of fused-ring (bicyclic) bond motifs is 1. The van der Waals surface area contributed by atoms with Crippen LogP contribution in [0.2, 0.25) is 0 Å². The van der Waals surface area contributed by atoms with Crippen LogP contribution in [0, 0.1) is 6.92 Å². The Balaban J connectivity index is 1.47. The molecule has 2 aliphatic rings. The second-order valence-corrected chi connectivity index (χ2v) is 7.34. The predicted octanol–water partition coefficient (Wildman–Crippen LogP) is 1.79. The molecule has 1 atom stereocenters. The average molecular weight is 379 g/mol. The lowest BCUT2D eigenvalue weighted by molar-refractivity contribution is -0.145. The maximum Gasteiger partial charge on any atom is 0.636 e. The summed E-state index contributed by atoms with van der Waals surface area (Å²) in [4.78, 5) is 25.4. The number of nitrogens with zero attached hydrogens (tertiary/aromatic N) is 1. The molecule has 0 aromatic heterocycles. The van der Waals surface area contributed by atoms with E-state index in [4.69, 9.17) is 14.0 Å². The fourth-order valence-corrected chi connectivity index (χ4v) is 3.76. The Morgan fingerprint density at radius 3 is 2.39 bits per heavy atom. The molecular weight excluding hydrogens is 357 g/mol. The van der Waals surface area contributed by atoms with Crippen molar-refractivity contribution >= 4 is 24.5 Å². The van der Waals surface area contributed by atoms with E-state index in [1.54, 1.807) is 24.1 Å². The molecule has 0 radical (unpaired) electrons. The molecule has 28 heavy (non-hydrogen) atoms. The minimum Gasteiger partial charge on any atom is -0.494 e. The fraction of sp³-hybridized carbons (Fsp3) is 0.333. The molecule has 1 saturated heterocycles. The van der Waals surface area contributed by atoms with Crippen molar-refractivity contribution in [2.45, 2.75) is 25.9 Å². The molecule has 6 nitrogen and oxygen atoms in total. The topological polar surface area (TPSA) is 65.1 Å². The van der Waals surface area contributed by atoms with Crippen LogP contribution in [0.15, 0.2) is 42.5 Å². The Labute approximate surface area is 164 Å². The van der Waals surface area contributed by atoms with Crippen LogP contribution in [0.4, 0.5) is 0 Å². The van der Waals surface area contributed by atoms with Gasteiger partial charge < -0.3 is 14.0 Å². The zero-order chi connectivity index (χ0) is 19.7. The van der Waals surface area contributed by atoms with Crippen molar-refractivity contribution in [1.82, 2.24) is 4.90 Å². The Bertz CT molecular complexity index is 878. The first-order chi connectivity index (χ1) is 13.5. The van der Waals surface area contributed by atoms with Gasteiger partial charge in [0.2, 0.25) is 0 Å². The van der Waals surface area contributed by atoms with E-state index >= 15 is 0 Å². The van der Waals surface area contributed by atoms with Crippen LogP contribution in [0.3, 0.4) is 0 Å². The first-order valence-corrected chi connectivity index (χ1v) is 9.42. The summed E-state index contributed by atoms with van der Waals surface area (Å²) in [6.45, 7) is 2.23. The summed E-state index contributed by atoms with van der Waals surface area (Å²) in [5, 5.41) is 0. The zero-order valence-electron chi connectivity index (χ0n) is 16.0. The van der Waals surface area contributed by atoms with Gasteiger partial charge in [-0.3, -0.25) is 14.5 Å². The second-order valence-electron chi connectivity index (χ2n) is 7.34. The number of likely N-dealkylation sites (N-methyl/N-ethyl adjacent to an activating group) is 1. The molecule has 2 aromatic rings. The highest BCUT2D eigenvalue weighted by Crippen LogP contribution is 2.36. The molecule has 0 amide bonds. The third-order valence-electron chi connectivity index (χ3n) is 5.16. The van der Waals surface area contributed by atoms with E-state index in [1.807, 2.05) is 12.1 Å². The normalized spacial score (nSPS) is 20.1. The number of ether oxygens (including phenoxy) is 1. The van der Waals surface area contributed by atoms with Crippen molar-refractivity contribution in [3.63, 3.8) is 0 Å². The van der Waals surface area contributed by atoms with E-state index < -0.39 is 19.1 Å². The molecule has 1 heterocycles. The molecular formula is C21H22BNO5. The van der Waals surface area contributed by atoms with Gasteiger partial charge in [0.05, 0.1) is 13.1 Å². The molecule has 1 aliphatic carbocycles. The van der Waals surface area contributed by atoms with E-state index in [-0.39, 0.29) is 19.2 Å². The largest absolute Gasteiger partial charge is 0.636 e. The summed E-state index contributed by atoms with van der Waals surface area (Å²) in [6, 6.07) is 13.5. The summed E-state index contributed by atoms with van der Waals surface area (Å²) in [5.41, 5.74) is 4.53. The van der Waals surface area contributed by atoms with Gasteiger partial charge in [-0.15, -0.1) is 0 Å². The van der Waals surface area contributed by atoms with E-state index in [0.717, 1.165) is 18.6 Å². The lowest BCUT2D eigenvalue weighted by Gasteiger charge is -2.22. The van der Waals surface area contributed by atoms with Gasteiger partial charge in [-0.25, -0.2) is 0 Å². The van der Waals surface area contributed by atoms with Gasteiger partial charge in [0.25, 0.3) is 0 Å². The molecule has 1 aliphatic heterocycles. The van der Waals surface area contributed by atoms with Crippen LogP contribution in [0.25, 0.3) is 0 Å². The van der Waals surface area contributed by atoms with Crippen molar-refractivity contribution in [2.75, 3.05) is 20.1 Å². The Hall–Kier alpha value is -2.80. The quantitative estimate of drug-likeness (QED) is 0.758. The van der Waals surface area contributed by atoms with E-state index in [1.165, 1.54) is 16.7 Å². The molecule has 0 spiro atoms. The first kappa shape index (κ1) is 18.6. The van der Waals surface area contributed by atoms with Gasteiger partial charge in [0, 0.05) is 5.46 Å². The average Bonchev–Trinajstić information content (AvgIpc) is 3.05. The van der Waals surface area contributed by atoms with Gasteiger partial charge in [-0.1, -0.05) is 30.3 Å². The highest BCUT2D eigenvalue weighted by Gasteiger charge is 2.33. The molecule has 144 valence electrons. The van der Waals surface area contributed by atoms with Gasteiger partial charge in [-0.05, 0) is 55.6 Å². The highest BCUT2D eigenvalue weighted by atomic mass is 16.6. The van der Waals surface area contributed by atoms with Crippen LogP contribution in [-0.4, -0.2) is 44.1 Å². The Morgan fingerprint density at radius 1 is 1.04 bits per heavy atom. The molecule has 4 rings (SSSR count). The lowest BCUT2D eigenvalue weighted by atomic mass is 9.78. The minimum atomic E-state index is -1.03. The first-order valence-electron chi connectivity index (χ1n) is 9.42. The van der Waals surface area contributed by atoms with Crippen LogP contribution in [-0.2, 0) is 25.3 Å². The summed E-state index contributed by atoms with van der Waals surface area (Å²) < 4.78 is 16.8. The van der Waals surface area contributed by atoms with Gasteiger partial charge >= 0.3 is 19.1 Å². The number of carbonyl (C=O) groups excluding carboxylic acids is 2. The summed E-state index contributed by atoms with van der Waals surface area (Å²) in [5.74, 6) is -0.136. The molecule has 0 unspecified atom stereocenters. The van der Waals surface area contributed by atoms with Crippen molar-refractivity contribution < 1.29 is 23.6 Å². The van der Waals surface area contributed by atoms with Crippen molar-refractivity contribution in [1.29, 1.82) is 0 Å². The molecule has 0 N–H and O–H groups in total. The van der Waals surface area contributed by atoms with Crippen LogP contribution < -0.4 is 10.2 Å². The van der Waals surface area contributed by atoms with Gasteiger partial charge in [-0.2, -0.15) is 0 Å². The zero-order valence-corrected chi connectivity index (χ0v) is 16.0. The smallest absolute Gasteiger partial charge is 0.494 e. The summed E-state index contributed by atoms with van der Waals surface area (Å²) >= 11 is 0. The van der Waals surface area contributed by atoms with E-state index in [2.05, 4.69) is 25.1 Å².